The average molecular weight is 642 g/mol. The van der Waals surface area contributed by atoms with Gasteiger partial charge in [-0.1, -0.05) is 67.6 Å². The van der Waals surface area contributed by atoms with Crippen molar-refractivity contribution in [3.05, 3.63) is 52.0 Å². The van der Waals surface area contributed by atoms with Crippen LogP contribution in [0.4, 0.5) is 0 Å². The Balaban J connectivity index is 2.14. The highest BCUT2D eigenvalue weighted by molar-refractivity contribution is 9.10. The normalized spacial score (nSPS) is 19.1. The molecule has 0 aliphatic carbocycles. The fraction of sp³-hybridized carbons (Fsp3) is 0.581. The first-order valence-corrected chi connectivity index (χ1v) is 17.6. The Hall–Kier alpha value is -1.19. The van der Waals surface area contributed by atoms with Crippen LogP contribution in [0.2, 0.25) is 0 Å². The summed E-state index contributed by atoms with van der Waals surface area (Å²) in [6.07, 6.45) is 9.04. The Labute approximate surface area is 249 Å². The first-order chi connectivity index (χ1) is 18.3. The largest absolute Gasteiger partial charge is 0.481 e. The van der Waals surface area contributed by atoms with Crippen molar-refractivity contribution in [3.8, 4) is 5.75 Å². The molecule has 1 atom stereocenters. The molecule has 1 unspecified atom stereocenters. The van der Waals surface area contributed by atoms with E-state index >= 15 is 0 Å². The van der Waals surface area contributed by atoms with Crippen LogP contribution in [0.5, 0.6) is 5.75 Å². The van der Waals surface area contributed by atoms with Crippen LogP contribution in [0, 0.1) is 5.41 Å². The van der Waals surface area contributed by atoms with Crippen molar-refractivity contribution in [1.29, 1.82) is 0 Å². The van der Waals surface area contributed by atoms with Gasteiger partial charge in [0.25, 0.3) is 0 Å². The van der Waals surface area contributed by atoms with E-state index in [4.69, 9.17) is 9.47 Å². The van der Waals surface area contributed by atoms with E-state index in [2.05, 4.69) is 60.1 Å². The van der Waals surface area contributed by atoms with Crippen LogP contribution < -0.4 is 4.74 Å². The molecule has 2 N–H and O–H groups in total. The Bertz CT molecular complexity index is 1100. The number of rotatable bonds is 11. The summed E-state index contributed by atoms with van der Waals surface area (Å²) in [7, 11) is -3.13. The van der Waals surface area contributed by atoms with Gasteiger partial charge in [-0.25, -0.2) is 4.79 Å². The third kappa shape index (κ3) is 8.65. The second-order valence-electron chi connectivity index (χ2n) is 11.7. The van der Waals surface area contributed by atoms with E-state index in [0.29, 0.717) is 16.4 Å². The highest BCUT2D eigenvalue weighted by Gasteiger charge is 2.43. The van der Waals surface area contributed by atoms with E-state index < -0.39 is 22.2 Å². The molecule has 0 fully saturated rings. The fourth-order valence-corrected chi connectivity index (χ4v) is 8.69. The summed E-state index contributed by atoms with van der Waals surface area (Å²) in [5, 5.41) is 0. The third-order valence-electron chi connectivity index (χ3n) is 7.33. The molecule has 3 rings (SSSR count). The third-order valence-corrected chi connectivity index (χ3v) is 10.7. The summed E-state index contributed by atoms with van der Waals surface area (Å²) < 4.78 is 36.1. The van der Waals surface area contributed by atoms with Crippen molar-refractivity contribution in [2.75, 3.05) is 18.6 Å². The van der Waals surface area contributed by atoms with Crippen molar-refractivity contribution < 1.29 is 23.4 Å². The van der Waals surface area contributed by atoms with Gasteiger partial charge in [-0.3, -0.25) is 9.11 Å². The number of fused-ring (bicyclic) bond motifs is 1. The fourth-order valence-electron chi connectivity index (χ4n) is 5.57. The van der Waals surface area contributed by atoms with E-state index in [1.807, 2.05) is 27.0 Å². The summed E-state index contributed by atoms with van der Waals surface area (Å²) in [5.41, 5.74) is 1.33. The lowest BCUT2D eigenvalue weighted by Crippen LogP contribution is -2.29. The van der Waals surface area contributed by atoms with Gasteiger partial charge in [0.2, 0.25) is 0 Å². The molecule has 0 saturated heterocycles. The Kier molecular flexibility index (Phi) is 11.3. The summed E-state index contributed by atoms with van der Waals surface area (Å²) in [5.74, 6) is 0.393. The molecule has 0 bridgehead atoms. The Morgan fingerprint density at radius 1 is 1.10 bits per heavy atom. The minimum Gasteiger partial charge on any atom is -0.481 e. The quantitative estimate of drug-likeness (QED) is 0.188. The van der Waals surface area contributed by atoms with Crippen LogP contribution >= 0.6 is 38.3 Å². The number of carbonyl (C=O) groups is 1. The van der Waals surface area contributed by atoms with Crippen molar-refractivity contribution in [2.45, 2.75) is 101 Å². The maximum Gasteiger partial charge on any atom is 0.344 e. The topological polar surface area (TPSA) is 76.0 Å². The zero-order valence-electron chi connectivity index (χ0n) is 24.2. The summed E-state index contributed by atoms with van der Waals surface area (Å²) in [4.78, 5) is 13.8. The molecule has 0 saturated carbocycles. The lowest BCUT2D eigenvalue weighted by atomic mass is 9.70. The first-order valence-electron chi connectivity index (χ1n) is 13.9. The standard InChI is InChI=1S/C31H45BrO5S2/c1-7-9-15-31(16-10-8-2)19-25(22-11-13-23(32)14-12-22)24-17-27(38-6)26(18-28(24)39(34,35)21-31)36-20-29(33)37-30(3,4)5/h11-14,17-18,25,34-35H,7-10,15-16,19-21H2,1-6H3. The molecule has 1 heterocycles. The first kappa shape index (κ1) is 32.3. The summed E-state index contributed by atoms with van der Waals surface area (Å²) in [6.45, 7) is 9.62. The van der Waals surface area contributed by atoms with Crippen LogP contribution in [-0.2, 0) is 9.53 Å². The second kappa shape index (κ2) is 13.6. The van der Waals surface area contributed by atoms with Crippen LogP contribution in [-0.4, -0.2) is 39.3 Å². The molecule has 2 aromatic rings. The van der Waals surface area contributed by atoms with E-state index in [0.717, 1.165) is 59.9 Å². The predicted molar refractivity (Wildman–Crippen MR) is 168 cm³/mol. The predicted octanol–water partition coefficient (Wildman–Crippen LogP) is 9.90. The number of esters is 1. The van der Waals surface area contributed by atoms with Gasteiger partial charge in [-0.2, -0.15) is 10.6 Å². The van der Waals surface area contributed by atoms with Gasteiger partial charge < -0.3 is 9.47 Å². The van der Waals surface area contributed by atoms with Gasteiger partial charge >= 0.3 is 5.97 Å². The van der Waals surface area contributed by atoms with Crippen molar-refractivity contribution >= 4 is 44.3 Å². The molecular weight excluding hydrogens is 596 g/mol. The van der Waals surface area contributed by atoms with Gasteiger partial charge in [0.05, 0.1) is 4.90 Å². The average Bonchev–Trinajstić information content (AvgIpc) is 2.96. The molecule has 0 amide bonds. The van der Waals surface area contributed by atoms with Gasteiger partial charge in [-0.15, -0.1) is 11.8 Å². The molecule has 1 aliphatic rings. The molecule has 218 valence electrons. The zero-order chi connectivity index (χ0) is 28.8. The van der Waals surface area contributed by atoms with Gasteiger partial charge in [0, 0.05) is 27.1 Å². The van der Waals surface area contributed by atoms with E-state index in [-0.39, 0.29) is 17.9 Å². The molecule has 1 aliphatic heterocycles. The molecule has 0 spiro atoms. The number of halogens is 1. The van der Waals surface area contributed by atoms with Crippen LogP contribution in [0.3, 0.4) is 0 Å². The lowest BCUT2D eigenvalue weighted by molar-refractivity contribution is -0.157. The van der Waals surface area contributed by atoms with Crippen molar-refractivity contribution in [2.24, 2.45) is 5.41 Å². The molecule has 8 heteroatoms. The maximum absolute atomic E-state index is 12.4. The molecule has 5 nitrogen and oxygen atoms in total. The highest BCUT2D eigenvalue weighted by atomic mass is 79.9. The molecule has 0 radical (unpaired) electrons. The van der Waals surface area contributed by atoms with Gasteiger partial charge in [0.15, 0.2) is 6.61 Å². The monoisotopic (exact) mass is 640 g/mol. The smallest absolute Gasteiger partial charge is 0.344 e. The number of benzene rings is 2. The zero-order valence-corrected chi connectivity index (χ0v) is 27.4. The number of hydrogen-bond acceptors (Lipinski definition) is 6. The van der Waals surface area contributed by atoms with Gasteiger partial charge in [-0.05, 0) is 81.0 Å². The number of hydrogen-bond donors (Lipinski definition) is 2. The van der Waals surface area contributed by atoms with Crippen molar-refractivity contribution in [1.82, 2.24) is 0 Å². The van der Waals surface area contributed by atoms with Gasteiger partial charge in [0.1, 0.15) is 11.4 Å². The number of unbranched alkanes of at least 4 members (excludes halogenated alkanes) is 2. The number of ether oxygens (including phenoxy) is 2. The lowest BCUT2D eigenvalue weighted by Gasteiger charge is -2.42. The van der Waals surface area contributed by atoms with E-state index in [1.165, 1.54) is 17.3 Å². The molecular formula is C31H45BrO5S2. The highest BCUT2D eigenvalue weighted by Crippen LogP contribution is 2.63. The molecule has 0 aromatic heterocycles. The number of thioether (sulfide) groups is 1. The summed E-state index contributed by atoms with van der Waals surface area (Å²) in [6, 6.07) is 12.2. The van der Waals surface area contributed by atoms with Crippen LogP contribution in [0.25, 0.3) is 0 Å². The minimum absolute atomic E-state index is 0.0151. The Morgan fingerprint density at radius 2 is 1.72 bits per heavy atom. The summed E-state index contributed by atoms with van der Waals surface area (Å²) >= 11 is 5.10. The Morgan fingerprint density at radius 3 is 2.26 bits per heavy atom. The van der Waals surface area contributed by atoms with Crippen molar-refractivity contribution in [3.63, 3.8) is 0 Å². The van der Waals surface area contributed by atoms with Crippen LogP contribution in [0.15, 0.2) is 50.7 Å². The number of carbonyl (C=O) groups excluding carboxylic acids is 1. The SMILES string of the molecule is CCCCC1(CCCC)CC(c2ccc(Br)cc2)c2cc(SC)c(OCC(=O)OC(C)(C)C)cc2S(O)(O)C1. The minimum atomic E-state index is -3.13. The molecule has 2 aromatic carbocycles. The van der Waals surface area contributed by atoms with E-state index in [9.17, 15) is 13.9 Å². The van der Waals surface area contributed by atoms with E-state index in [1.54, 1.807) is 6.07 Å². The maximum atomic E-state index is 12.4. The second-order valence-corrected chi connectivity index (χ2v) is 15.6. The van der Waals surface area contributed by atoms with Crippen LogP contribution in [0.1, 0.15) is 96.6 Å². The molecule has 39 heavy (non-hydrogen) atoms.